The highest BCUT2D eigenvalue weighted by atomic mass is 28.3. The van der Waals surface area contributed by atoms with Gasteiger partial charge >= 0.3 is 0 Å². The number of aliphatic hydroxyl groups is 3. The Morgan fingerprint density at radius 1 is 0.818 bits per heavy atom. The van der Waals surface area contributed by atoms with Crippen molar-refractivity contribution in [2.24, 2.45) is 0 Å². The van der Waals surface area contributed by atoms with E-state index in [1.54, 1.807) is 0 Å². The summed E-state index contributed by atoms with van der Waals surface area (Å²) < 4.78 is 0. The maximum Gasteiger partial charge on any atom is 0.0572 e. The average Bonchev–Trinajstić information content (AvgIpc) is 1.88. The maximum atomic E-state index is 8.73. The molecule has 0 aromatic rings. The Hall–Kier alpha value is 0.0969. The predicted octanol–water partition coefficient (Wildman–Crippen LogP) is 0.0419. The lowest BCUT2D eigenvalue weighted by molar-refractivity contribution is 0.299. The molecule has 0 aliphatic rings. The third-order valence-corrected chi connectivity index (χ3v) is 6.44. The standard InChI is InChI=1S/C7H18O3Si/c1-11(5-2-8,6-3-9)7-4-10/h8-10H,2-7H2,1H3. The summed E-state index contributed by atoms with van der Waals surface area (Å²) in [6, 6.07) is 2.36. The van der Waals surface area contributed by atoms with Gasteiger partial charge in [-0.2, -0.15) is 0 Å². The Labute approximate surface area is 68.7 Å². The topological polar surface area (TPSA) is 60.7 Å². The minimum absolute atomic E-state index is 0.183. The van der Waals surface area contributed by atoms with Crippen molar-refractivity contribution in [2.45, 2.75) is 24.7 Å². The van der Waals surface area contributed by atoms with Crippen LogP contribution in [0.25, 0.3) is 0 Å². The molecule has 0 atom stereocenters. The normalized spacial score (nSPS) is 12.0. The molecule has 4 heteroatoms. The summed E-state index contributed by atoms with van der Waals surface area (Å²) in [7, 11) is -1.50. The second-order valence-corrected chi connectivity index (χ2v) is 8.35. The number of aliphatic hydroxyl groups excluding tert-OH is 3. The highest BCUT2D eigenvalue weighted by Gasteiger charge is 2.24. The zero-order valence-corrected chi connectivity index (χ0v) is 8.08. The fourth-order valence-corrected chi connectivity index (χ4v) is 3.55. The molecule has 0 saturated heterocycles. The van der Waals surface area contributed by atoms with Crippen LogP contribution in [0.2, 0.25) is 24.7 Å². The van der Waals surface area contributed by atoms with Gasteiger partial charge in [0.2, 0.25) is 0 Å². The summed E-state index contributed by atoms with van der Waals surface area (Å²) in [5.74, 6) is 0. The van der Waals surface area contributed by atoms with Gasteiger partial charge in [-0.1, -0.05) is 6.55 Å². The van der Waals surface area contributed by atoms with Gasteiger partial charge in [0.1, 0.15) is 0 Å². The first-order chi connectivity index (χ1) is 5.18. The van der Waals surface area contributed by atoms with E-state index in [4.69, 9.17) is 15.3 Å². The van der Waals surface area contributed by atoms with Crippen LogP contribution in [0, 0.1) is 0 Å². The molecule has 0 amide bonds. The third kappa shape index (κ3) is 4.52. The first kappa shape index (κ1) is 11.1. The second kappa shape index (κ2) is 5.71. The predicted molar refractivity (Wildman–Crippen MR) is 47.3 cm³/mol. The maximum absolute atomic E-state index is 8.73. The number of hydrogen-bond donors (Lipinski definition) is 3. The minimum atomic E-state index is -1.50. The number of rotatable bonds is 6. The van der Waals surface area contributed by atoms with Gasteiger partial charge < -0.3 is 15.3 Å². The molecule has 0 heterocycles. The van der Waals surface area contributed by atoms with Crippen molar-refractivity contribution < 1.29 is 15.3 Å². The zero-order chi connectivity index (χ0) is 8.74. The molecule has 0 bridgehead atoms. The molecule has 0 unspecified atom stereocenters. The van der Waals surface area contributed by atoms with Crippen molar-refractivity contribution in [3.63, 3.8) is 0 Å². The van der Waals surface area contributed by atoms with Crippen molar-refractivity contribution in [3.05, 3.63) is 0 Å². The number of hydrogen-bond acceptors (Lipinski definition) is 3. The van der Waals surface area contributed by atoms with Crippen LogP contribution < -0.4 is 0 Å². The quantitative estimate of drug-likeness (QED) is 0.503. The van der Waals surface area contributed by atoms with E-state index in [0.717, 1.165) is 18.1 Å². The average molecular weight is 178 g/mol. The molecule has 0 spiro atoms. The van der Waals surface area contributed by atoms with Crippen LogP contribution in [0.1, 0.15) is 0 Å². The molecule has 11 heavy (non-hydrogen) atoms. The van der Waals surface area contributed by atoms with E-state index in [2.05, 4.69) is 6.55 Å². The highest BCUT2D eigenvalue weighted by Crippen LogP contribution is 2.19. The van der Waals surface area contributed by atoms with Gasteiger partial charge in [0.05, 0.1) is 8.07 Å². The summed E-state index contributed by atoms with van der Waals surface area (Å²) in [6.07, 6.45) is 0. The fraction of sp³-hybridized carbons (Fsp3) is 1.00. The van der Waals surface area contributed by atoms with E-state index in [1.165, 1.54) is 0 Å². The largest absolute Gasteiger partial charge is 0.397 e. The fourth-order valence-electron chi connectivity index (χ4n) is 1.18. The first-order valence-corrected chi connectivity index (χ1v) is 7.13. The first-order valence-electron chi connectivity index (χ1n) is 4.01. The molecule has 68 valence electrons. The molecule has 0 rings (SSSR count). The molecular formula is C7H18O3Si. The zero-order valence-electron chi connectivity index (χ0n) is 7.08. The molecule has 0 aliphatic heterocycles. The Kier molecular flexibility index (Phi) is 5.76. The van der Waals surface area contributed by atoms with Crippen molar-refractivity contribution in [2.75, 3.05) is 19.8 Å². The SMILES string of the molecule is C[Si](CCO)(CCO)CCO. The van der Waals surface area contributed by atoms with Crippen LogP contribution in [0.3, 0.4) is 0 Å². The van der Waals surface area contributed by atoms with Crippen LogP contribution in [0.5, 0.6) is 0 Å². The van der Waals surface area contributed by atoms with Gasteiger partial charge in [0, 0.05) is 19.8 Å². The highest BCUT2D eigenvalue weighted by molar-refractivity contribution is 6.78. The Morgan fingerprint density at radius 2 is 1.09 bits per heavy atom. The van der Waals surface area contributed by atoms with E-state index >= 15 is 0 Å². The van der Waals surface area contributed by atoms with Gasteiger partial charge in [-0.05, 0) is 18.1 Å². The molecule has 0 aromatic heterocycles. The van der Waals surface area contributed by atoms with Crippen LogP contribution in [0.4, 0.5) is 0 Å². The lowest BCUT2D eigenvalue weighted by Crippen LogP contribution is -2.33. The second-order valence-electron chi connectivity index (χ2n) is 3.23. The van der Waals surface area contributed by atoms with E-state index in [-0.39, 0.29) is 19.8 Å². The van der Waals surface area contributed by atoms with Gasteiger partial charge in [-0.25, -0.2) is 0 Å². The van der Waals surface area contributed by atoms with Crippen LogP contribution >= 0.6 is 0 Å². The van der Waals surface area contributed by atoms with E-state index < -0.39 is 8.07 Å². The molecule has 0 aliphatic carbocycles. The van der Waals surface area contributed by atoms with E-state index in [0.29, 0.717) is 0 Å². The molecule has 3 nitrogen and oxygen atoms in total. The van der Waals surface area contributed by atoms with Crippen molar-refractivity contribution in [3.8, 4) is 0 Å². The van der Waals surface area contributed by atoms with E-state index in [1.807, 2.05) is 0 Å². The molecule has 0 aromatic carbocycles. The van der Waals surface area contributed by atoms with Crippen LogP contribution in [0.15, 0.2) is 0 Å². The smallest absolute Gasteiger partial charge is 0.0572 e. The monoisotopic (exact) mass is 178 g/mol. The third-order valence-electron chi connectivity index (χ3n) is 2.15. The van der Waals surface area contributed by atoms with E-state index in [9.17, 15) is 0 Å². The van der Waals surface area contributed by atoms with Crippen LogP contribution in [-0.2, 0) is 0 Å². The summed E-state index contributed by atoms with van der Waals surface area (Å²) in [6.45, 7) is 2.66. The molecule has 0 saturated carbocycles. The van der Waals surface area contributed by atoms with Crippen molar-refractivity contribution in [1.29, 1.82) is 0 Å². The van der Waals surface area contributed by atoms with Crippen molar-refractivity contribution >= 4 is 8.07 Å². The Bertz CT molecular complexity index is 80.7. The van der Waals surface area contributed by atoms with Gasteiger partial charge in [-0.15, -0.1) is 0 Å². The Morgan fingerprint density at radius 3 is 1.27 bits per heavy atom. The van der Waals surface area contributed by atoms with Crippen LogP contribution in [-0.4, -0.2) is 43.2 Å². The molecule has 0 fully saturated rings. The minimum Gasteiger partial charge on any atom is -0.397 e. The lowest BCUT2D eigenvalue weighted by Gasteiger charge is -2.24. The summed E-state index contributed by atoms with van der Waals surface area (Å²) >= 11 is 0. The van der Waals surface area contributed by atoms with Gasteiger partial charge in [0.15, 0.2) is 0 Å². The summed E-state index contributed by atoms with van der Waals surface area (Å²) in [4.78, 5) is 0. The van der Waals surface area contributed by atoms with Gasteiger partial charge in [-0.3, -0.25) is 0 Å². The van der Waals surface area contributed by atoms with Crippen molar-refractivity contribution in [1.82, 2.24) is 0 Å². The summed E-state index contributed by atoms with van der Waals surface area (Å²) in [5, 5.41) is 26.2. The lowest BCUT2D eigenvalue weighted by atomic mass is 10.8. The Balaban J connectivity index is 3.79. The van der Waals surface area contributed by atoms with Gasteiger partial charge in [0.25, 0.3) is 0 Å². The summed E-state index contributed by atoms with van der Waals surface area (Å²) in [5.41, 5.74) is 0. The molecule has 3 N–H and O–H groups in total. The molecular weight excluding hydrogens is 160 g/mol. The molecule has 0 radical (unpaired) electrons.